The van der Waals surface area contributed by atoms with Gasteiger partial charge in [0.25, 0.3) is 0 Å². The highest BCUT2D eigenvalue weighted by atomic mass is 28.4. The number of ether oxygens (including phenoxy) is 9. The molecule has 3 saturated heterocycles. The van der Waals surface area contributed by atoms with Crippen molar-refractivity contribution in [3.63, 3.8) is 0 Å². The van der Waals surface area contributed by atoms with Crippen LogP contribution in [-0.2, 0) is 65.1 Å². The fourth-order valence-corrected chi connectivity index (χ4v) is 11.2. The summed E-state index contributed by atoms with van der Waals surface area (Å²) in [6.45, 7) is 27.6. The van der Waals surface area contributed by atoms with Crippen LogP contribution < -0.4 is 4.74 Å². The van der Waals surface area contributed by atoms with E-state index in [1.54, 1.807) is 7.11 Å². The van der Waals surface area contributed by atoms with Crippen LogP contribution in [0.15, 0.2) is 103 Å². The Morgan fingerprint density at radius 3 is 2.11 bits per heavy atom. The number of carbonyl (C=O) groups excluding carboxylic acids is 1. The second kappa shape index (κ2) is 27.2. The van der Waals surface area contributed by atoms with Gasteiger partial charge in [-0.05, 0) is 92.4 Å². The summed E-state index contributed by atoms with van der Waals surface area (Å²) in [5.41, 5.74) is 3.47. The molecule has 0 saturated carbocycles. The molecule has 3 heterocycles. The van der Waals surface area contributed by atoms with Crippen molar-refractivity contribution in [2.24, 2.45) is 5.41 Å². The Hall–Kier alpha value is -4.00. The van der Waals surface area contributed by atoms with Crippen molar-refractivity contribution in [2.75, 3.05) is 27.6 Å². The van der Waals surface area contributed by atoms with E-state index >= 15 is 0 Å². The average molecular weight is 1040 g/mol. The largest absolute Gasteiger partial charge is 0.497 e. The van der Waals surface area contributed by atoms with E-state index in [9.17, 15) is 19.8 Å². The summed E-state index contributed by atoms with van der Waals surface area (Å²) in [4.78, 5) is 25.5. The molecule has 0 amide bonds. The molecule has 14 nitrogen and oxygen atoms in total. The number of aliphatic hydroxyl groups is 1. The number of esters is 1. The third-order valence-corrected chi connectivity index (χ3v) is 19.2. The molecular formula is C58H86O14Si. The van der Waals surface area contributed by atoms with E-state index in [-0.39, 0.29) is 55.4 Å². The molecule has 0 spiro atoms. The number of rotatable bonds is 26. The van der Waals surface area contributed by atoms with Crippen molar-refractivity contribution >= 4 is 20.3 Å². The molecule has 0 aromatic heterocycles. The van der Waals surface area contributed by atoms with Crippen molar-refractivity contribution < 1.29 is 66.9 Å². The molecule has 3 aliphatic heterocycles. The number of hydrogen-bond donors (Lipinski definition) is 2. The van der Waals surface area contributed by atoms with E-state index in [1.165, 1.54) is 14.0 Å². The summed E-state index contributed by atoms with van der Waals surface area (Å²) < 4.78 is 64.0. The molecule has 0 radical (unpaired) electrons. The SMILES string of the molecule is C=C1C[C@H](C[C@@H]2CC(=C)C[C@H](/C=C/C(C)(C)[C@]3(OC)O[C@H](C[C@@H](O[Si](C)(C)C(C)(C)C)[C@@H](C)OCOCc4ccccc4)C/C(=C\C(=O)O)[C@@H]3OC(C)=O)O2)O[C@H](C[C@H](CCO)OCc2ccc(OC)cc2)C1. The molecule has 2 aromatic rings. The predicted molar refractivity (Wildman–Crippen MR) is 283 cm³/mol. The normalized spacial score (nSPS) is 26.2. The van der Waals surface area contributed by atoms with Crippen molar-refractivity contribution in [1.29, 1.82) is 0 Å². The highest BCUT2D eigenvalue weighted by Crippen LogP contribution is 2.49. The molecule has 3 aliphatic rings. The maximum Gasteiger partial charge on any atom is 0.328 e. The first kappa shape index (κ1) is 59.9. The number of aliphatic hydroxyl groups excluding tert-OH is 1. The molecule has 0 bridgehead atoms. The summed E-state index contributed by atoms with van der Waals surface area (Å²) in [6, 6.07) is 17.6. The van der Waals surface area contributed by atoms with Gasteiger partial charge in [-0.3, -0.25) is 4.79 Å². The van der Waals surface area contributed by atoms with Crippen LogP contribution in [0.1, 0.15) is 117 Å². The summed E-state index contributed by atoms with van der Waals surface area (Å²) in [5, 5.41) is 20.0. The minimum Gasteiger partial charge on any atom is -0.497 e. The van der Waals surface area contributed by atoms with Crippen LogP contribution in [0.3, 0.4) is 0 Å². The molecule has 0 aliphatic carbocycles. The van der Waals surface area contributed by atoms with Crippen molar-refractivity contribution in [3.8, 4) is 5.75 Å². The lowest BCUT2D eigenvalue weighted by atomic mass is 9.73. The lowest BCUT2D eigenvalue weighted by Crippen LogP contribution is -2.63. The molecule has 0 unspecified atom stereocenters. The maximum absolute atomic E-state index is 12.9. The lowest BCUT2D eigenvalue weighted by Gasteiger charge is -2.53. The lowest BCUT2D eigenvalue weighted by molar-refractivity contribution is -0.338. The zero-order chi connectivity index (χ0) is 53.6. The van der Waals surface area contributed by atoms with Gasteiger partial charge in [-0.15, -0.1) is 0 Å². The summed E-state index contributed by atoms with van der Waals surface area (Å²) in [5.74, 6) is -2.73. The monoisotopic (exact) mass is 1030 g/mol. The Kier molecular flexibility index (Phi) is 22.3. The number of benzene rings is 2. The summed E-state index contributed by atoms with van der Waals surface area (Å²) in [6.07, 6.45) is 6.07. The second-order valence-corrected chi connectivity index (χ2v) is 26.9. The Balaban J connectivity index is 1.34. The zero-order valence-corrected chi connectivity index (χ0v) is 46.5. The Labute approximate surface area is 436 Å². The molecule has 2 aromatic carbocycles. The smallest absolute Gasteiger partial charge is 0.328 e. The fourth-order valence-electron chi connectivity index (χ4n) is 9.82. The molecule has 10 atom stereocenters. The molecule has 5 rings (SSSR count). The number of methoxy groups -OCH3 is 2. The van der Waals surface area contributed by atoms with Gasteiger partial charge in [0.1, 0.15) is 12.5 Å². The molecule has 15 heteroatoms. The minimum absolute atomic E-state index is 0.00484. The van der Waals surface area contributed by atoms with Gasteiger partial charge in [0, 0.05) is 51.4 Å². The molecular weight excluding hydrogens is 949 g/mol. The first-order valence-electron chi connectivity index (χ1n) is 25.9. The Morgan fingerprint density at radius 1 is 0.849 bits per heavy atom. The van der Waals surface area contributed by atoms with Crippen molar-refractivity contribution in [3.05, 3.63) is 114 Å². The number of hydrogen-bond acceptors (Lipinski definition) is 13. The highest BCUT2D eigenvalue weighted by Gasteiger charge is 2.59. The third kappa shape index (κ3) is 17.5. The topological polar surface area (TPSA) is 167 Å². The van der Waals surface area contributed by atoms with E-state index in [4.69, 9.17) is 47.1 Å². The molecule has 3 fully saturated rings. The molecule has 73 heavy (non-hydrogen) atoms. The van der Waals surface area contributed by atoms with Crippen LogP contribution in [0.2, 0.25) is 18.1 Å². The second-order valence-electron chi connectivity index (χ2n) is 22.2. The average Bonchev–Trinajstić information content (AvgIpc) is 3.31. The highest BCUT2D eigenvalue weighted by molar-refractivity contribution is 6.74. The Morgan fingerprint density at radius 2 is 1.49 bits per heavy atom. The van der Waals surface area contributed by atoms with E-state index in [0.717, 1.165) is 34.1 Å². The fraction of sp³-hybridized carbons (Fsp3) is 0.621. The van der Waals surface area contributed by atoms with Crippen molar-refractivity contribution in [2.45, 2.75) is 198 Å². The van der Waals surface area contributed by atoms with Gasteiger partial charge in [-0.25, -0.2) is 4.79 Å². The molecule has 406 valence electrons. The first-order valence-corrected chi connectivity index (χ1v) is 28.8. The number of aliphatic carboxylic acids is 1. The van der Waals surface area contributed by atoms with E-state index in [2.05, 4.69) is 47.0 Å². The van der Waals surface area contributed by atoms with Gasteiger partial charge in [0.2, 0.25) is 5.79 Å². The van der Waals surface area contributed by atoms with Gasteiger partial charge in [-0.1, -0.05) is 114 Å². The van der Waals surface area contributed by atoms with Gasteiger partial charge < -0.3 is 57.3 Å². The summed E-state index contributed by atoms with van der Waals surface area (Å²) >= 11 is 0. The van der Waals surface area contributed by atoms with Crippen LogP contribution in [0, 0.1) is 5.41 Å². The van der Waals surface area contributed by atoms with Gasteiger partial charge in [0.15, 0.2) is 14.4 Å². The van der Waals surface area contributed by atoms with Crippen LogP contribution in [0.25, 0.3) is 0 Å². The number of carbonyl (C=O) groups is 2. The van der Waals surface area contributed by atoms with Crippen LogP contribution in [0.5, 0.6) is 5.75 Å². The van der Waals surface area contributed by atoms with Crippen LogP contribution >= 0.6 is 0 Å². The first-order chi connectivity index (χ1) is 34.5. The van der Waals surface area contributed by atoms with Gasteiger partial charge >= 0.3 is 11.9 Å². The molecule has 2 N–H and O–H groups in total. The number of carboxylic acid groups (broad SMARTS) is 1. The van der Waals surface area contributed by atoms with Crippen LogP contribution in [0.4, 0.5) is 0 Å². The minimum atomic E-state index is -2.41. The van der Waals surface area contributed by atoms with Gasteiger partial charge in [0.05, 0.1) is 69.2 Å². The zero-order valence-electron chi connectivity index (χ0n) is 45.5. The van der Waals surface area contributed by atoms with E-state index < -0.39 is 55.9 Å². The number of carboxylic acids is 1. The quantitative estimate of drug-likeness (QED) is 0.0228. The van der Waals surface area contributed by atoms with Crippen molar-refractivity contribution in [1.82, 2.24) is 0 Å². The van der Waals surface area contributed by atoms with Crippen LogP contribution in [-0.4, -0.2) is 119 Å². The summed E-state index contributed by atoms with van der Waals surface area (Å²) in [7, 11) is 0.717. The van der Waals surface area contributed by atoms with E-state index in [1.807, 2.05) is 87.5 Å². The van der Waals surface area contributed by atoms with E-state index in [0.29, 0.717) is 70.2 Å². The maximum atomic E-state index is 12.9. The third-order valence-electron chi connectivity index (χ3n) is 14.7. The van der Waals surface area contributed by atoms with Gasteiger partial charge in [-0.2, -0.15) is 0 Å². The predicted octanol–water partition coefficient (Wildman–Crippen LogP) is 11.0. The standard InChI is InChI=1S/C58H86O14Si/c1-39-27-48(69-50(28-39)34-51-30-40(2)29-49(70-51)33-47(24-26-59)66-37-44-19-21-46(63-10)22-20-44)23-25-57(8,9)58(64-11)55(68-42(4)60)45(32-54(61)62)31-52(71-58)35-53(72-73(12,13)56(5,6)7)41(3)67-38-65-36-43-17-15-14-16-18-43/h14-23,25,32,41,47-53,55,59H,1-2,24,26-31,33-38H2,3-13H3,(H,61,62)/b25-23+,45-32+/t41-,47+,48+,49+,50+,51-,52+,53-,55+,58-/m1/s1. The Bertz CT molecular complexity index is 2150.